The van der Waals surface area contributed by atoms with Crippen LogP contribution in [0.5, 0.6) is 0 Å². The maximum Gasteiger partial charge on any atom is 0.329 e. The standard InChI is InChI=1S/C30H31N3O5/c31-25(15-16-28(34)37-19-21-9-3-1-4-10-21)29(35)33-27(30(36)38-20-22-11-5-2-6-12-22)17-23-18-32-26-14-8-7-13-24(23)26/h1-14,18,25,27,32H,15-17,19-20,31H2,(H,33,35)/t25-,27+/m1/s1. The van der Waals surface area contributed by atoms with Crippen molar-refractivity contribution < 1.29 is 23.9 Å². The molecule has 4 aromatic rings. The molecule has 4 rings (SSSR count). The predicted octanol–water partition coefficient (Wildman–Crippen LogP) is 3.79. The van der Waals surface area contributed by atoms with E-state index in [9.17, 15) is 14.4 Å². The van der Waals surface area contributed by atoms with Gasteiger partial charge in [-0.25, -0.2) is 4.79 Å². The normalized spacial score (nSPS) is 12.4. The maximum absolute atomic E-state index is 13.1. The van der Waals surface area contributed by atoms with Crippen LogP contribution in [-0.4, -0.2) is 34.9 Å². The number of fused-ring (bicyclic) bond motifs is 1. The summed E-state index contributed by atoms with van der Waals surface area (Å²) in [5.74, 6) is -1.56. The third kappa shape index (κ3) is 7.54. The van der Waals surface area contributed by atoms with Crippen LogP contribution in [0.3, 0.4) is 0 Å². The third-order valence-corrected chi connectivity index (χ3v) is 6.16. The molecule has 1 heterocycles. The molecule has 0 radical (unpaired) electrons. The van der Waals surface area contributed by atoms with E-state index >= 15 is 0 Å². The molecule has 2 atom stereocenters. The molecular weight excluding hydrogens is 482 g/mol. The second-order valence-corrected chi connectivity index (χ2v) is 9.01. The number of benzene rings is 3. The fourth-order valence-electron chi connectivity index (χ4n) is 4.04. The lowest BCUT2D eigenvalue weighted by Crippen LogP contribution is -2.50. The van der Waals surface area contributed by atoms with E-state index in [4.69, 9.17) is 15.2 Å². The lowest BCUT2D eigenvalue weighted by atomic mass is 10.0. The number of aromatic nitrogens is 1. The maximum atomic E-state index is 13.1. The summed E-state index contributed by atoms with van der Waals surface area (Å²) in [4.78, 5) is 41.3. The van der Waals surface area contributed by atoms with E-state index in [1.165, 1.54) is 0 Å². The molecule has 0 saturated heterocycles. The number of nitrogens with two attached hydrogens (primary N) is 1. The number of esters is 2. The van der Waals surface area contributed by atoms with Gasteiger partial charge >= 0.3 is 11.9 Å². The van der Waals surface area contributed by atoms with Crippen molar-refractivity contribution in [1.82, 2.24) is 10.3 Å². The smallest absolute Gasteiger partial charge is 0.329 e. The van der Waals surface area contributed by atoms with Gasteiger partial charge in [-0.15, -0.1) is 0 Å². The molecule has 0 bridgehead atoms. The fraction of sp³-hybridized carbons (Fsp3) is 0.233. The summed E-state index contributed by atoms with van der Waals surface area (Å²) < 4.78 is 10.8. The fourth-order valence-corrected chi connectivity index (χ4v) is 4.04. The van der Waals surface area contributed by atoms with Crippen LogP contribution in [0.1, 0.15) is 29.5 Å². The molecule has 1 aromatic heterocycles. The summed E-state index contributed by atoms with van der Waals surface area (Å²) in [6, 6.07) is 24.4. The number of hydrogen-bond acceptors (Lipinski definition) is 6. The molecule has 0 unspecified atom stereocenters. The summed E-state index contributed by atoms with van der Waals surface area (Å²) in [5.41, 5.74) is 9.57. The quantitative estimate of drug-likeness (QED) is 0.248. The largest absolute Gasteiger partial charge is 0.461 e. The van der Waals surface area contributed by atoms with Crippen LogP contribution in [0.2, 0.25) is 0 Å². The molecule has 0 spiro atoms. The number of hydrogen-bond donors (Lipinski definition) is 3. The Hall–Kier alpha value is -4.43. The lowest BCUT2D eigenvalue weighted by Gasteiger charge is -2.20. The zero-order valence-electron chi connectivity index (χ0n) is 21.0. The number of amides is 1. The third-order valence-electron chi connectivity index (χ3n) is 6.16. The highest BCUT2D eigenvalue weighted by Crippen LogP contribution is 2.20. The highest BCUT2D eigenvalue weighted by Gasteiger charge is 2.27. The molecule has 3 aromatic carbocycles. The molecule has 0 saturated carbocycles. The van der Waals surface area contributed by atoms with Crippen molar-refractivity contribution in [3.63, 3.8) is 0 Å². The van der Waals surface area contributed by atoms with Crippen molar-refractivity contribution in [3.05, 3.63) is 108 Å². The van der Waals surface area contributed by atoms with Crippen LogP contribution in [0.25, 0.3) is 10.9 Å². The average molecular weight is 514 g/mol. The van der Waals surface area contributed by atoms with Crippen molar-refractivity contribution >= 4 is 28.7 Å². The highest BCUT2D eigenvalue weighted by molar-refractivity contribution is 5.89. The van der Waals surface area contributed by atoms with Crippen molar-refractivity contribution in [2.75, 3.05) is 0 Å². The zero-order chi connectivity index (χ0) is 26.7. The zero-order valence-corrected chi connectivity index (χ0v) is 21.0. The average Bonchev–Trinajstić information content (AvgIpc) is 3.36. The first-order valence-electron chi connectivity index (χ1n) is 12.5. The summed E-state index contributed by atoms with van der Waals surface area (Å²) in [5, 5.41) is 3.68. The molecule has 196 valence electrons. The lowest BCUT2D eigenvalue weighted by molar-refractivity contribution is -0.149. The van der Waals surface area contributed by atoms with Gasteiger partial charge in [-0.1, -0.05) is 78.9 Å². The Labute approximate surface area is 221 Å². The van der Waals surface area contributed by atoms with Gasteiger partial charge in [-0.2, -0.15) is 0 Å². The van der Waals surface area contributed by atoms with Gasteiger partial charge in [0.25, 0.3) is 0 Å². The Balaban J connectivity index is 1.35. The van der Waals surface area contributed by atoms with Crippen LogP contribution in [0, 0.1) is 0 Å². The van der Waals surface area contributed by atoms with E-state index in [2.05, 4.69) is 10.3 Å². The van der Waals surface area contributed by atoms with Gasteiger partial charge in [0.1, 0.15) is 19.3 Å². The van der Waals surface area contributed by atoms with Gasteiger partial charge in [0.05, 0.1) is 6.04 Å². The highest BCUT2D eigenvalue weighted by atomic mass is 16.5. The Bertz CT molecular complexity index is 1350. The van der Waals surface area contributed by atoms with E-state index in [0.29, 0.717) is 0 Å². The first-order valence-corrected chi connectivity index (χ1v) is 12.5. The van der Waals surface area contributed by atoms with E-state index in [-0.39, 0.29) is 32.5 Å². The van der Waals surface area contributed by atoms with Crippen molar-refractivity contribution in [1.29, 1.82) is 0 Å². The summed E-state index contributed by atoms with van der Waals surface area (Å²) >= 11 is 0. The van der Waals surface area contributed by atoms with Gasteiger partial charge < -0.3 is 25.5 Å². The first kappa shape index (κ1) is 26.6. The van der Waals surface area contributed by atoms with Crippen molar-refractivity contribution in [2.45, 2.75) is 44.6 Å². The summed E-state index contributed by atoms with van der Waals surface area (Å²) in [6.07, 6.45) is 2.09. The van der Waals surface area contributed by atoms with Crippen LogP contribution in [-0.2, 0) is 43.5 Å². The Morgan fingerprint density at radius 2 is 1.42 bits per heavy atom. The van der Waals surface area contributed by atoms with E-state index in [1.807, 2.05) is 91.1 Å². The molecule has 8 heteroatoms. The predicted molar refractivity (Wildman–Crippen MR) is 144 cm³/mol. The van der Waals surface area contributed by atoms with Crippen molar-refractivity contribution in [3.8, 4) is 0 Å². The first-order chi connectivity index (χ1) is 18.5. The van der Waals surface area contributed by atoms with Crippen LogP contribution < -0.4 is 11.1 Å². The molecular formula is C30H31N3O5. The Morgan fingerprint density at radius 1 is 0.816 bits per heavy atom. The summed E-state index contributed by atoms with van der Waals surface area (Å²) in [6.45, 7) is 0.236. The molecule has 38 heavy (non-hydrogen) atoms. The van der Waals surface area contributed by atoms with E-state index < -0.39 is 29.9 Å². The molecule has 8 nitrogen and oxygen atoms in total. The number of carbonyl (C=O) groups is 3. The molecule has 1 amide bonds. The molecule has 0 aliphatic rings. The number of aromatic amines is 1. The van der Waals surface area contributed by atoms with Crippen LogP contribution >= 0.6 is 0 Å². The molecule has 0 fully saturated rings. The summed E-state index contributed by atoms with van der Waals surface area (Å²) in [7, 11) is 0. The molecule has 0 aliphatic carbocycles. The Morgan fingerprint density at radius 3 is 2.11 bits per heavy atom. The van der Waals surface area contributed by atoms with Gasteiger partial charge in [0.2, 0.25) is 5.91 Å². The number of para-hydroxylation sites is 1. The SMILES string of the molecule is N[C@H](CCC(=O)OCc1ccccc1)C(=O)N[C@@H](Cc1c[nH]c2ccccc12)C(=O)OCc1ccccc1. The number of ether oxygens (including phenoxy) is 2. The van der Waals surface area contributed by atoms with Gasteiger partial charge in [0.15, 0.2) is 0 Å². The Kier molecular flexibility index (Phi) is 9.26. The number of nitrogens with one attached hydrogen (secondary N) is 2. The topological polar surface area (TPSA) is 124 Å². The number of H-pyrrole nitrogens is 1. The minimum Gasteiger partial charge on any atom is -0.461 e. The minimum atomic E-state index is -0.994. The number of rotatable bonds is 12. The second-order valence-electron chi connectivity index (χ2n) is 9.01. The van der Waals surface area contributed by atoms with Crippen molar-refractivity contribution in [2.24, 2.45) is 5.73 Å². The monoisotopic (exact) mass is 513 g/mol. The van der Waals surface area contributed by atoms with Gasteiger partial charge in [0, 0.05) is 29.9 Å². The van der Waals surface area contributed by atoms with E-state index in [1.54, 1.807) is 0 Å². The van der Waals surface area contributed by atoms with E-state index in [0.717, 1.165) is 27.6 Å². The van der Waals surface area contributed by atoms with Gasteiger partial charge in [-0.3, -0.25) is 9.59 Å². The molecule has 4 N–H and O–H groups in total. The van der Waals surface area contributed by atoms with Crippen LogP contribution in [0.15, 0.2) is 91.1 Å². The minimum absolute atomic E-state index is 0.0208. The number of carbonyl (C=O) groups excluding carboxylic acids is 3. The second kappa shape index (κ2) is 13.2. The van der Waals surface area contributed by atoms with Gasteiger partial charge in [-0.05, 0) is 29.2 Å². The van der Waals surface area contributed by atoms with Crippen LogP contribution in [0.4, 0.5) is 0 Å². The molecule has 0 aliphatic heterocycles.